The summed E-state index contributed by atoms with van der Waals surface area (Å²) >= 11 is 0. The number of carbonyl (C=O) groups is 1. The van der Waals surface area contributed by atoms with Crippen molar-refractivity contribution in [3.05, 3.63) is 59.7 Å². The Morgan fingerprint density at radius 2 is 1.66 bits per heavy atom. The number of rotatable bonds is 8. The molecule has 0 atom stereocenters. The molecule has 0 unspecified atom stereocenters. The van der Waals surface area contributed by atoms with Crippen molar-refractivity contribution in [3.63, 3.8) is 0 Å². The van der Waals surface area contributed by atoms with Crippen LogP contribution < -0.4 is 10.1 Å². The minimum Gasteiger partial charge on any atom is -0.497 e. The lowest BCUT2D eigenvalue weighted by atomic mass is 9.78. The van der Waals surface area contributed by atoms with E-state index in [2.05, 4.69) is 17.4 Å². The van der Waals surface area contributed by atoms with Crippen LogP contribution in [0.4, 0.5) is 0 Å². The Bertz CT molecular complexity index is 928. The van der Waals surface area contributed by atoms with Crippen molar-refractivity contribution in [2.75, 3.05) is 19.9 Å². The van der Waals surface area contributed by atoms with Crippen LogP contribution >= 0.6 is 0 Å². The fourth-order valence-electron chi connectivity index (χ4n) is 4.08. The molecule has 156 valence electrons. The highest BCUT2D eigenvalue weighted by Crippen LogP contribution is 2.41. The van der Waals surface area contributed by atoms with Crippen molar-refractivity contribution in [1.29, 1.82) is 0 Å². The third-order valence-corrected chi connectivity index (χ3v) is 7.01. The third-order valence-electron chi connectivity index (χ3n) is 5.88. The van der Waals surface area contributed by atoms with Crippen molar-refractivity contribution in [2.45, 2.75) is 48.8 Å². The van der Waals surface area contributed by atoms with Gasteiger partial charge >= 0.3 is 0 Å². The highest BCUT2D eigenvalue weighted by Gasteiger charge is 2.35. The van der Waals surface area contributed by atoms with Crippen molar-refractivity contribution in [2.24, 2.45) is 0 Å². The molecule has 0 bridgehead atoms. The average molecular weight is 416 g/mol. The molecule has 0 spiro atoms. The van der Waals surface area contributed by atoms with Crippen LogP contribution in [0.15, 0.2) is 53.4 Å². The van der Waals surface area contributed by atoms with Crippen LogP contribution in [0, 0.1) is 0 Å². The molecule has 5 nitrogen and oxygen atoms in total. The summed E-state index contributed by atoms with van der Waals surface area (Å²) in [5.74, 6) is 0.866. The Kier molecular flexibility index (Phi) is 6.63. The van der Waals surface area contributed by atoms with Gasteiger partial charge in [-0.2, -0.15) is 0 Å². The number of sulfone groups is 1. The first kappa shape index (κ1) is 21.4. The lowest BCUT2D eigenvalue weighted by molar-refractivity contribution is -0.121. The van der Waals surface area contributed by atoms with Gasteiger partial charge in [0.05, 0.1) is 12.0 Å². The lowest BCUT2D eigenvalue weighted by Gasteiger charge is -2.30. The van der Waals surface area contributed by atoms with Gasteiger partial charge in [0.25, 0.3) is 0 Å². The molecule has 3 rings (SSSR count). The van der Waals surface area contributed by atoms with Gasteiger partial charge in [0.2, 0.25) is 5.91 Å². The van der Waals surface area contributed by atoms with Gasteiger partial charge in [-0.1, -0.05) is 37.1 Å². The minimum atomic E-state index is -3.19. The first-order valence-electron chi connectivity index (χ1n) is 10.0. The lowest BCUT2D eigenvalue weighted by Crippen LogP contribution is -2.39. The topological polar surface area (TPSA) is 72.5 Å². The highest BCUT2D eigenvalue weighted by atomic mass is 32.2. The maximum atomic E-state index is 12.4. The average Bonchev–Trinajstić information content (AvgIpc) is 3.20. The molecule has 0 aromatic heterocycles. The first-order valence-corrected chi connectivity index (χ1v) is 11.9. The van der Waals surface area contributed by atoms with Crippen molar-refractivity contribution < 1.29 is 17.9 Å². The van der Waals surface area contributed by atoms with Gasteiger partial charge in [0.15, 0.2) is 9.84 Å². The van der Waals surface area contributed by atoms with E-state index in [9.17, 15) is 13.2 Å². The maximum absolute atomic E-state index is 12.4. The van der Waals surface area contributed by atoms with Crippen molar-refractivity contribution in [3.8, 4) is 5.75 Å². The fraction of sp³-hybridized carbons (Fsp3) is 0.435. The Hall–Kier alpha value is -2.34. The molecule has 1 fully saturated rings. The molecule has 1 aliphatic rings. The van der Waals surface area contributed by atoms with E-state index in [1.54, 1.807) is 31.4 Å². The van der Waals surface area contributed by atoms with Gasteiger partial charge in [-0.05, 0) is 54.7 Å². The highest BCUT2D eigenvalue weighted by molar-refractivity contribution is 7.90. The molecule has 29 heavy (non-hydrogen) atoms. The molecular formula is C23H29NO4S. The van der Waals surface area contributed by atoms with Crippen LogP contribution in [0.3, 0.4) is 0 Å². The summed E-state index contributed by atoms with van der Waals surface area (Å²) in [7, 11) is -1.53. The molecule has 6 heteroatoms. The monoisotopic (exact) mass is 415 g/mol. The summed E-state index contributed by atoms with van der Waals surface area (Å²) in [5, 5.41) is 3.13. The third kappa shape index (κ3) is 5.38. The van der Waals surface area contributed by atoms with E-state index in [-0.39, 0.29) is 11.3 Å². The van der Waals surface area contributed by atoms with Crippen LogP contribution in [-0.4, -0.2) is 34.2 Å². The summed E-state index contributed by atoms with van der Waals surface area (Å²) in [6.45, 7) is 0.644. The zero-order valence-corrected chi connectivity index (χ0v) is 17.9. The van der Waals surface area contributed by atoms with E-state index in [1.807, 2.05) is 12.1 Å². The number of benzene rings is 2. The van der Waals surface area contributed by atoms with E-state index in [4.69, 9.17) is 4.74 Å². The van der Waals surface area contributed by atoms with E-state index in [1.165, 1.54) is 24.7 Å². The SMILES string of the molecule is COc1ccc(C2(CNC(=O)CCc3ccc(S(C)(=O)=O)cc3)CCCC2)cc1. The predicted molar refractivity (Wildman–Crippen MR) is 114 cm³/mol. The smallest absolute Gasteiger partial charge is 0.220 e. The largest absolute Gasteiger partial charge is 0.497 e. The molecule has 0 saturated heterocycles. The van der Waals surface area contributed by atoms with Crippen LogP contribution in [-0.2, 0) is 26.5 Å². The van der Waals surface area contributed by atoms with Gasteiger partial charge in [0, 0.05) is 24.6 Å². The standard InChI is InChI=1S/C23H29NO4S/c1-28-20-10-8-19(9-11-20)23(15-3-4-16-23)17-24-22(25)14-7-18-5-12-21(13-6-18)29(2,26)27/h5-6,8-13H,3-4,7,14-17H2,1-2H3,(H,24,25). The van der Waals surface area contributed by atoms with Crippen molar-refractivity contribution >= 4 is 15.7 Å². The first-order chi connectivity index (χ1) is 13.8. The van der Waals surface area contributed by atoms with E-state index in [0.717, 1.165) is 24.2 Å². The molecule has 2 aromatic carbocycles. The van der Waals surface area contributed by atoms with Gasteiger partial charge in [-0.25, -0.2) is 8.42 Å². The summed E-state index contributed by atoms with van der Waals surface area (Å²) in [4.78, 5) is 12.7. The number of carbonyl (C=O) groups excluding carboxylic acids is 1. The molecule has 2 aromatic rings. The molecule has 0 aliphatic heterocycles. The molecule has 0 heterocycles. The van der Waals surface area contributed by atoms with Gasteiger partial charge in [-0.3, -0.25) is 4.79 Å². The Labute approximate surface area is 173 Å². The second-order valence-corrected chi connectivity index (χ2v) is 9.92. The van der Waals surface area contributed by atoms with Crippen LogP contribution in [0.1, 0.15) is 43.2 Å². The molecular weight excluding hydrogens is 386 g/mol. The Morgan fingerprint density at radius 1 is 1.03 bits per heavy atom. The molecule has 1 aliphatic carbocycles. The van der Waals surface area contributed by atoms with E-state index < -0.39 is 9.84 Å². The summed E-state index contributed by atoms with van der Waals surface area (Å²) in [6, 6.07) is 14.9. The Morgan fingerprint density at radius 3 is 2.21 bits per heavy atom. The fourth-order valence-corrected chi connectivity index (χ4v) is 4.71. The van der Waals surface area contributed by atoms with Crippen LogP contribution in [0.5, 0.6) is 5.75 Å². The van der Waals surface area contributed by atoms with E-state index in [0.29, 0.717) is 24.3 Å². The minimum absolute atomic E-state index is 0.000927. The van der Waals surface area contributed by atoms with Gasteiger partial charge in [0.1, 0.15) is 5.75 Å². The summed E-state index contributed by atoms with van der Waals surface area (Å²) < 4.78 is 28.3. The summed E-state index contributed by atoms with van der Waals surface area (Å²) in [6.07, 6.45) is 6.67. The van der Waals surface area contributed by atoms with Crippen LogP contribution in [0.25, 0.3) is 0 Å². The number of hydrogen-bond donors (Lipinski definition) is 1. The molecule has 1 N–H and O–H groups in total. The van der Waals surface area contributed by atoms with Gasteiger partial charge in [-0.15, -0.1) is 0 Å². The second-order valence-electron chi connectivity index (χ2n) is 7.91. The maximum Gasteiger partial charge on any atom is 0.220 e. The summed E-state index contributed by atoms with van der Waals surface area (Å²) in [5.41, 5.74) is 2.21. The number of hydrogen-bond acceptors (Lipinski definition) is 4. The molecule has 1 saturated carbocycles. The van der Waals surface area contributed by atoms with Gasteiger partial charge < -0.3 is 10.1 Å². The number of nitrogens with one attached hydrogen (secondary N) is 1. The predicted octanol–water partition coefficient (Wildman–Crippen LogP) is 3.66. The zero-order chi connectivity index (χ0) is 20.9. The molecule has 1 amide bonds. The quantitative estimate of drug-likeness (QED) is 0.714. The van der Waals surface area contributed by atoms with Crippen LogP contribution in [0.2, 0.25) is 0 Å². The second kappa shape index (κ2) is 8.99. The van der Waals surface area contributed by atoms with Crippen molar-refractivity contribution in [1.82, 2.24) is 5.32 Å². The zero-order valence-electron chi connectivity index (χ0n) is 17.1. The van der Waals surface area contributed by atoms with E-state index >= 15 is 0 Å². The molecule has 0 radical (unpaired) electrons. The number of methoxy groups -OCH3 is 1. The number of aryl methyl sites for hydroxylation is 1. The normalized spacial score (nSPS) is 15.8. The number of amides is 1. The Balaban J connectivity index is 1.56. The number of ether oxygens (including phenoxy) is 1.